The fourth-order valence-corrected chi connectivity index (χ4v) is 5.10. The highest BCUT2D eigenvalue weighted by Crippen LogP contribution is 2.37. The predicted molar refractivity (Wildman–Crippen MR) is 144 cm³/mol. The van der Waals surface area contributed by atoms with Crippen LogP contribution in [0.1, 0.15) is 0 Å². The van der Waals surface area contributed by atoms with Gasteiger partial charge in [-0.05, 0) is 42.5 Å². The molecule has 0 radical (unpaired) electrons. The van der Waals surface area contributed by atoms with Crippen molar-refractivity contribution in [3.05, 3.63) is 65.7 Å². The quantitative estimate of drug-likeness (QED) is 0.312. The Morgan fingerprint density at radius 1 is 0.842 bits per heavy atom. The number of carbonyl (C=O) groups excluding carboxylic acids is 1. The molecular formula is C26H29ClN2O8S. The van der Waals surface area contributed by atoms with Gasteiger partial charge in [0, 0.05) is 17.2 Å². The predicted octanol–water partition coefficient (Wildman–Crippen LogP) is 3.76. The summed E-state index contributed by atoms with van der Waals surface area (Å²) < 4.78 is 55.2. The van der Waals surface area contributed by atoms with Gasteiger partial charge in [-0.1, -0.05) is 17.7 Å². The number of amides is 1. The van der Waals surface area contributed by atoms with E-state index in [1.165, 1.54) is 51.7 Å². The van der Waals surface area contributed by atoms with Gasteiger partial charge in [-0.25, -0.2) is 8.42 Å². The first-order valence-electron chi connectivity index (χ1n) is 11.3. The molecule has 0 aliphatic rings. The van der Waals surface area contributed by atoms with E-state index >= 15 is 0 Å². The van der Waals surface area contributed by atoms with Gasteiger partial charge in [-0.2, -0.15) is 0 Å². The first-order valence-corrected chi connectivity index (χ1v) is 13.2. The van der Waals surface area contributed by atoms with Crippen LogP contribution in [0.15, 0.2) is 65.6 Å². The molecule has 0 aromatic heterocycles. The first-order chi connectivity index (χ1) is 18.2. The molecule has 3 aromatic carbocycles. The van der Waals surface area contributed by atoms with Crippen molar-refractivity contribution >= 4 is 33.2 Å². The molecule has 0 heterocycles. The number of halogens is 1. The van der Waals surface area contributed by atoms with Gasteiger partial charge in [0.25, 0.3) is 10.0 Å². The standard InChI is InChI=1S/C26H29ClN2O8S/c1-33-19-6-5-7-20(15-19)37-13-12-28-26(30)17-29(22-14-18(27)8-10-23(22)34-2)38(31,32)21-9-11-24(35-3)25(16-21)36-4/h5-11,14-16H,12-13,17H2,1-4H3,(H,28,30). The van der Waals surface area contributed by atoms with Crippen LogP contribution in [0.5, 0.6) is 28.7 Å². The summed E-state index contributed by atoms with van der Waals surface area (Å²) in [5.74, 6) is 1.42. The number of nitrogens with one attached hydrogen (secondary N) is 1. The summed E-state index contributed by atoms with van der Waals surface area (Å²) in [7, 11) is 1.50. The monoisotopic (exact) mass is 564 g/mol. The SMILES string of the molecule is COc1cccc(OCCNC(=O)CN(c2cc(Cl)ccc2OC)S(=O)(=O)c2ccc(OC)c(OC)c2)c1. The lowest BCUT2D eigenvalue weighted by Crippen LogP contribution is -2.42. The Kier molecular flexibility index (Phi) is 9.91. The number of methoxy groups -OCH3 is 4. The molecule has 12 heteroatoms. The van der Waals surface area contributed by atoms with E-state index in [0.29, 0.717) is 17.2 Å². The molecule has 0 unspecified atom stereocenters. The maximum Gasteiger partial charge on any atom is 0.265 e. The van der Waals surface area contributed by atoms with Crippen LogP contribution in [0, 0.1) is 0 Å². The van der Waals surface area contributed by atoms with Gasteiger partial charge in [-0.3, -0.25) is 9.10 Å². The van der Waals surface area contributed by atoms with Crippen molar-refractivity contribution in [1.29, 1.82) is 0 Å². The van der Waals surface area contributed by atoms with E-state index in [1.807, 2.05) is 0 Å². The normalized spacial score (nSPS) is 10.9. The Morgan fingerprint density at radius 2 is 1.53 bits per heavy atom. The molecule has 1 amide bonds. The number of carbonyl (C=O) groups is 1. The maximum atomic E-state index is 13.8. The molecule has 0 aliphatic heterocycles. The summed E-state index contributed by atoms with van der Waals surface area (Å²) in [6.07, 6.45) is 0. The first kappa shape index (κ1) is 28.7. The van der Waals surface area contributed by atoms with Crippen molar-refractivity contribution in [1.82, 2.24) is 5.32 Å². The minimum absolute atomic E-state index is 0.0950. The maximum absolute atomic E-state index is 13.8. The van der Waals surface area contributed by atoms with E-state index in [2.05, 4.69) is 5.32 Å². The van der Waals surface area contributed by atoms with Crippen molar-refractivity contribution in [3.8, 4) is 28.7 Å². The third-order valence-electron chi connectivity index (χ3n) is 5.37. The minimum Gasteiger partial charge on any atom is -0.497 e. The Bertz CT molecular complexity index is 1370. The molecule has 1 N–H and O–H groups in total. The Morgan fingerprint density at radius 3 is 2.21 bits per heavy atom. The summed E-state index contributed by atoms with van der Waals surface area (Å²) >= 11 is 6.18. The minimum atomic E-state index is -4.28. The number of sulfonamides is 1. The topological polar surface area (TPSA) is 113 Å². The number of nitrogens with zero attached hydrogens (tertiary/aromatic N) is 1. The van der Waals surface area contributed by atoms with E-state index in [1.54, 1.807) is 37.4 Å². The molecule has 0 saturated heterocycles. The van der Waals surface area contributed by atoms with Gasteiger partial charge in [-0.15, -0.1) is 0 Å². The van der Waals surface area contributed by atoms with Gasteiger partial charge in [0.05, 0.1) is 45.6 Å². The smallest absolute Gasteiger partial charge is 0.265 e. The Labute approximate surface area is 227 Å². The van der Waals surface area contributed by atoms with E-state index in [4.69, 9.17) is 35.3 Å². The number of benzene rings is 3. The fourth-order valence-electron chi connectivity index (χ4n) is 3.50. The molecule has 0 spiro atoms. The summed E-state index contributed by atoms with van der Waals surface area (Å²) in [4.78, 5) is 12.8. The molecule has 38 heavy (non-hydrogen) atoms. The van der Waals surface area contributed by atoms with Crippen LogP contribution in [0.3, 0.4) is 0 Å². The summed E-state index contributed by atoms with van der Waals surface area (Å²) in [6, 6.07) is 15.7. The lowest BCUT2D eigenvalue weighted by atomic mass is 10.3. The van der Waals surface area contributed by atoms with Gasteiger partial charge < -0.3 is 29.0 Å². The van der Waals surface area contributed by atoms with Gasteiger partial charge >= 0.3 is 0 Å². The molecule has 0 saturated carbocycles. The van der Waals surface area contributed by atoms with Gasteiger partial charge in [0.1, 0.15) is 30.4 Å². The van der Waals surface area contributed by atoms with Crippen LogP contribution >= 0.6 is 11.6 Å². The molecule has 204 valence electrons. The third kappa shape index (κ3) is 6.93. The number of rotatable bonds is 13. The largest absolute Gasteiger partial charge is 0.497 e. The highest BCUT2D eigenvalue weighted by Gasteiger charge is 2.30. The average Bonchev–Trinajstić information content (AvgIpc) is 2.93. The summed E-state index contributed by atoms with van der Waals surface area (Å²) in [6.45, 7) is -0.263. The van der Waals surface area contributed by atoms with Gasteiger partial charge in [0.2, 0.25) is 5.91 Å². The number of ether oxygens (including phenoxy) is 5. The van der Waals surface area contributed by atoms with E-state index in [9.17, 15) is 13.2 Å². The van der Waals surface area contributed by atoms with E-state index < -0.39 is 22.5 Å². The second kappa shape index (κ2) is 13.1. The molecule has 0 atom stereocenters. The number of hydrogen-bond donors (Lipinski definition) is 1. The highest BCUT2D eigenvalue weighted by atomic mass is 35.5. The fraction of sp³-hybridized carbons (Fsp3) is 0.269. The van der Waals surface area contributed by atoms with Crippen LogP contribution < -0.4 is 33.3 Å². The molecule has 10 nitrogen and oxygen atoms in total. The molecular weight excluding hydrogens is 536 g/mol. The number of hydrogen-bond acceptors (Lipinski definition) is 8. The lowest BCUT2D eigenvalue weighted by Gasteiger charge is -2.26. The van der Waals surface area contributed by atoms with Gasteiger partial charge in [0.15, 0.2) is 11.5 Å². The van der Waals surface area contributed by atoms with E-state index in [0.717, 1.165) is 4.31 Å². The molecule has 0 bridgehead atoms. The van der Waals surface area contributed by atoms with Crippen molar-refractivity contribution < 1.29 is 36.9 Å². The lowest BCUT2D eigenvalue weighted by molar-refractivity contribution is -0.119. The molecule has 0 aliphatic carbocycles. The Hall–Kier alpha value is -3.83. The van der Waals surface area contributed by atoms with Crippen molar-refractivity contribution in [2.24, 2.45) is 0 Å². The third-order valence-corrected chi connectivity index (χ3v) is 7.36. The van der Waals surface area contributed by atoms with E-state index in [-0.39, 0.29) is 40.3 Å². The zero-order valence-corrected chi connectivity index (χ0v) is 23.0. The molecule has 3 rings (SSSR count). The van der Waals surface area contributed by atoms with Crippen LogP contribution in [0.25, 0.3) is 0 Å². The molecule has 3 aromatic rings. The highest BCUT2D eigenvalue weighted by molar-refractivity contribution is 7.92. The van der Waals surface area contributed by atoms with Crippen molar-refractivity contribution in [3.63, 3.8) is 0 Å². The summed E-state index contributed by atoms with van der Waals surface area (Å²) in [5.41, 5.74) is 0.0950. The Balaban J connectivity index is 1.84. The zero-order chi connectivity index (χ0) is 27.7. The second-order valence-corrected chi connectivity index (χ2v) is 10.0. The average molecular weight is 565 g/mol. The van der Waals surface area contributed by atoms with Crippen molar-refractivity contribution in [2.45, 2.75) is 4.90 Å². The second-order valence-electron chi connectivity index (χ2n) is 7.72. The molecule has 0 fully saturated rings. The van der Waals surface area contributed by atoms with Crippen LogP contribution in [-0.4, -0.2) is 62.5 Å². The van der Waals surface area contributed by atoms with Crippen LogP contribution in [-0.2, 0) is 14.8 Å². The van der Waals surface area contributed by atoms with Crippen LogP contribution in [0.2, 0.25) is 5.02 Å². The van der Waals surface area contributed by atoms with Crippen LogP contribution in [0.4, 0.5) is 5.69 Å². The number of anilines is 1. The van der Waals surface area contributed by atoms with Crippen molar-refractivity contribution in [2.75, 3.05) is 52.4 Å². The zero-order valence-electron chi connectivity index (χ0n) is 21.4. The summed E-state index contributed by atoms with van der Waals surface area (Å²) in [5, 5.41) is 2.94.